The molecule has 1 aromatic heterocycles. The van der Waals surface area contributed by atoms with Crippen LogP contribution in [-0.2, 0) is 5.88 Å². The van der Waals surface area contributed by atoms with Crippen LogP contribution in [0.15, 0.2) is 5.38 Å². The molecule has 0 aliphatic carbocycles. The summed E-state index contributed by atoms with van der Waals surface area (Å²) in [5.41, 5.74) is 0.988. The van der Waals surface area contributed by atoms with Crippen molar-refractivity contribution < 1.29 is 0 Å². The molecule has 0 atom stereocenters. The number of aromatic nitrogens is 1. The van der Waals surface area contributed by atoms with E-state index in [0.29, 0.717) is 5.88 Å². The average molecular weight is 233 g/mol. The third-order valence-electron chi connectivity index (χ3n) is 2.11. The lowest BCUT2D eigenvalue weighted by Crippen LogP contribution is -2.23. The molecule has 4 heteroatoms. The van der Waals surface area contributed by atoms with E-state index in [0.717, 1.165) is 23.9 Å². The van der Waals surface area contributed by atoms with Crippen LogP contribution in [0, 0.1) is 0 Å². The van der Waals surface area contributed by atoms with Gasteiger partial charge < -0.3 is 4.90 Å². The molecule has 0 saturated heterocycles. The predicted molar refractivity (Wildman–Crippen MR) is 64.5 cm³/mol. The van der Waals surface area contributed by atoms with E-state index in [4.69, 9.17) is 11.6 Å². The lowest BCUT2D eigenvalue weighted by atomic mass is 10.3. The first kappa shape index (κ1) is 11.8. The SMILES string of the molecule is CCCCN(CC)c1nc(CCl)cs1. The first-order valence-corrected chi connectivity index (χ1v) is 6.48. The molecule has 2 nitrogen and oxygen atoms in total. The fourth-order valence-corrected chi connectivity index (χ4v) is 2.39. The fourth-order valence-electron chi connectivity index (χ4n) is 1.24. The lowest BCUT2D eigenvalue weighted by Gasteiger charge is -2.18. The van der Waals surface area contributed by atoms with Gasteiger partial charge in [0.25, 0.3) is 0 Å². The number of unbranched alkanes of at least 4 members (excludes halogenated alkanes) is 1. The zero-order valence-electron chi connectivity index (χ0n) is 8.79. The number of anilines is 1. The van der Waals surface area contributed by atoms with Crippen molar-refractivity contribution in [3.05, 3.63) is 11.1 Å². The first-order chi connectivity index (χ1) is 6.81. The zero-order chi connectivity index (χ0) is 10.4. The van der Waals surface area contributed by atoms with E-state index >= 15 is 0 Å². The van der Waals surface area contributed by atoms with Crippen molar-refractivity contribution in [1.82, 2.24) is 4.98 Å². The molecule has 80 valence electrons. The van der Waals surface area contributed by atoms with Crippen molar-refractivity contribution in [2.75, 3.05) is 18.0 Å². The lowest BCUT2D eigenvalue weighted by molar-refractivity contribution is 0.729. The number of hydrogen-bond donors (Lipinski definition) is 0. The van der Waals surface area contributed by atoms with E-state index in [9.17, 15) is 0 Å². The fraction of sp³-hybridized carbons (Fsp3) is 0.700. The Hall–Kier alpha value is -0.280. The summed E-state index contributed by atoms with van der Waals surface area (Å²) in [5.74, 6) is 0.516. The molecule has 0 aliphatic rings. The van der Waals surface area contributed by atoms with Crippen LogP contribution in [0.2, 0.25) is 0 Å². The van der Waals surface area contributed by atoms with E-state index in [1.807, 2.05) is 5.38 Å². The highest BCUT2D eigenvalue weighted by Gasteiger charge is 2.07. The summed E-state index contributed by atoms with van der Waals surface area (Å²) in [6.07, 6.45) is 2.45. The monoisotopic (exact) mass is 232 g/mol. The van der Waals surface area contributed by atoms with Crippen LogP contribution < -0.4 is 4.90 Å². The molecule has 1 heterocycles. The van der Waals surface area contributed by atoms with Crippen LogP contribution in [0.1, 0.15) is 32.4 Å². The van der Waals surface area contributed by atoms with Gasteiger partial charge >= 0.3 is 0 Å². The van der Waals surface area contributed by atoms with Gasteiger partial charge in [-0.3, -0.25) is 0 Å². The quantitative estimate of drug-likeness (QED) is 0.698. The van der Waals surface area contributed by atoms with E-state index in [1.165, 1.54) is 12.8 Å². The Morgan fingerprint density at radius 1 is 1.50 bits per heavy atom. The third-order valence-corrected chi connectivity index (χ3v) is 3.33. The Kier molecular flexibility index (Phi) is 5.26. The van der Waals surface area contributed by atoms with Crippen molar-refractivity contribution >= 4 is 28.1 Å². The summed E-state index contributed by atoms with van der Waals surface area (Å²) in [4.78, 5) is 6.78. The van der Waals surface area contributed by atoms with Crippen molar-refractivity contribution in [2.24, 2.45) is 0 Å². The Morgan fingerprint density at radius 2 is 2.29 bits per heavy atom. The van der Waals surface area contributed by atoms with Gasteiger partial charge in [-0.15, -0.1) is 22.9 Å². The highest BCUT2D eigenvalue weighted by Crippen LogP contribution is 2.21. The second-order valence-electron chi connectivity index (χ2n) is 3.19. The molecule has 0 aliphatic heterocycles. The summed E-state index contributed by atoms with van der Waals surface area (Å²) in [7, 11) is 0. The van der Waals surface area contributed by atoms with E-state index in [1.54, 1.807) is 11.3 Å². The summed E-state index contributed by atoms with van der Waals surface area (Å²) < 4.78 is 0. The Bertz CT molecular complexity index is 262. The third kappa shape index (κ3) is 3.14. The maximum atomic E-state index is 5.72. The standard InChI is InChI=1S/C10H17ClN2S/c1-3-5-6-13(4-2)10-12-9(7-11)8-14-10/h8H,3-7H2,1-2H3. The molecule has 0 fully saturated rings. The molecule has 0 N–H and O–H groups in total. The second-order valence-corrected chi connectivity index (χ2v) is 4.29. The van der Waals surface area contributed by atoms with Crippen molar-refractivity contribution in [3.8, 4) is 0 Å². The molecule has 0 amide bonds. The van der Waals surface area contributed by atoms with Crippen molar-refractivity contribution in [2.45, 2.75) is 32.6 Å². The summed E-state index contributed by atoms with van der Waals surface area (Å²) in [6.45, 7) is 6.49. The number of alkyl halides is 1. The van der Waals surface area contributed by atoms with Gasteiger partial charge in [0.2, 0.25) is 0 Å². The van der Waals surface area contributed by atoms with E-state index in [-0.39, 0.29) is 0 Å². The molecule has 0 aromatic carbocycles. The smallest absolute Gasteiger partial charge is 0.185 e. The molecule has 0 bridgehead atoms. The largest absolute Gasteiger partial charge is 0.348 e. The molecule has 0 unspecified atom stereocenters. The predicted octanol–water partition coefficient (Wildman–Crippen LogP) is 3.51. The van der Waals surface area contributed by atoms with Crippen LogP contribution in [-0.4, -0.2) is 18.1 Å². The maximum Gasteiger partial charge on any atom is 0.185 e. The molecule has 1 aromatic rings. The van der Waals surface area contributed by atoms with Crippen molar-refractivity contribution in [3.63, 3.8) is 0 Å². The molecule has 14 heavy (non-hydrogen) atoms. The second kappa shape index (κ2) is 6.25. The van der Waals surface area contributed by atoms with Gasteiger partial charge in [-0.2, -0.15) is 0 Å². The van der Waals surface area contributed by atoms with Crippen LogP contribution in [0.4, 0.5) is 5.13 Å². The van der Waals surface area contributed by atoms with Gasteiger partial charge in [0.1, 0.15) is 0 Å². The van der Waals surface area contributed by atoms with Gasteiger partial charge in [0.15, 0.2) is 5.13 Å². The van der Waals surface area contributed by atoms with Gasteiger partial charge in [-0.05, 0) is 13.3 Å². The molecular formula is C10H17ClN2S. The first-order valence-electron chi connectivity index (χ1n) is 5.07. The van der Waals surface area contributed by atoms with Crippen LogP contribution in [0.25, 0.3) is 0 Å². The minimum atomic E-state index is 0.516. The minimum absolute atomic E-state index is 0.516. The zero-order valence-corrected chi connectivity index (χ0v) is 10.4. The average Bonchev–Trinajstić information content (AvgIpc) is 2.68. The maximum absolute atomic E-state index is 5.72. The highest BCUT2D eigenvalue weighted by molar-refractivity contribution is 7.13. The molecule has 0 radical (unpaired) electrons. The van der Waals surface area contributed by atoms with Gasteiger partial charge in [-0.25, -0.2) is 4.98 Å². The molecule has 0 saturated carbocycles. The number of thiazole rings is 1. The van der Waals surface area contributed by atoms with Gasteiger partial charge in [0.05, 0.1) is 11.6 Å². The van der Waals surface area contributed by atoms with E-state index < -0.39 is 0 Å². The summed E-state index contributed by atoms with van der Waals surface area (Å²) in [5, 5.41) is 3.15. The number of rotatable bonds is 6. The normalized spacial score (nSPS) is 10.5. The van der Waals surface area contributed by atoms with Crippen LogP contribution in [0.5, 0.6) is 0 Å². The van der Waals surface area contributed by atoms with Gasteiger partial charge in [-0.1, -0.05) is 13.3 Å². The number of hydrogen-bond acceptors (Lipinski definition) is 3. The Labute approximate surface area is 94.9 Å². The topological polar surface area (TPSA) is 16.1 Å². The molecule has 1 rings (SSSR count). The van der Waals surface area contributed by atoms with Crippen molar-refractivity contribution in [1.29, 1.82) is 0 Å². The minimum Gasteiger partial charge on any atom is -0.348 e. The number of halogens is 1. The Morgan fingerprint density at radius 3 is 2.79 bits per heavy atom. The molecule has 0 spiro atoms. The molecular weight excluding hydrogens is 216 g/mol. The Balaban J connectivity index is 2.58. The summed E-state index contributed by atoms with van der Waals surface area (Å²) in [6, 6.07) is 0. The van der Waals surface area contributed by atoms with Gasteiger partial charge in [0, 0.05) is 18.5 Å². The summed E-state index contributed by atoms with van der Waals surface area (Å²) >= 11 is 7.41. The van der Waals surface area contributed by atoms with Crippen LogP contribution >= 0.6 is 22.9 Å². The van der Waals surface area contributed by atoms with E-state index in [2.05, 4.69) is 23.7 Å². The number of nitrogens with zero attached hydrogens (tertiary/aromatic N) is 2. The van der Waals surface area contributed by atoms with Crippen LogP contribution in [0.3, 0.4) is 0 Å². The highest BCUT2D eigenvalue weighted by atomic mass is 35.5.